The summed E-state index contributed by atoms with van der Waals surface area (Å²) in [7, 11) is 0. The van der Waals surface area contributed by atoms with Crippen molar-refractivity contribution in [1.82, 2.24) is 9.97 Å². The molecule has 19 heavy (non-hydrogen) atoms. The van der Waals surface area contributed by atoms with E-state index in [1.165, 1.54) is 5.56 Å². The molecular weight excluding hydrogens is 232 g/mol. The number of nitrogens with zero attached hydrogens (tertiary/aromatic N) is 2. The van der Waals surface area contributed by atoms with Crippen molar-refractivity contribution in [3.05, 3.63) is 72.6 Å². The van der Waals surface area contributed by atoms with Gasteiger partial charge in [0.2, 0.25) is 0 Å². The Hall–Kier alpha value is -2.48. The van der Waals surface area contributed by atoms with Crippen LogP contribution in [0.3, 0.4) is 0 Å². The zero-order chi connectivity index (χ0) is 13.1. The fourth-order valence-electron chi connectivity index (χ4n) is 2.11. The van der Waals surface area contributed by atoms with Crippen molar-refractivity contribution in [2.75, 3.05) is 0 Å². The Kier molecular flexibility index (Phi) is 3.07. The summed E-state index contributed by atoms with van der Waals surface area (Å²) in [5.74, 6) is 0. The Balaban J connectivity index is 2.12. The highest BCUT2D eigenvalue weighted by Gasteiger charge is 2.06. The Morgan fingerprint density at radius 2 is 1.42 bits per heavy atom. The largest absolute Gasteiger partial charge is 0.256 e. The van der Waals surface area contributed by atoms with E-state index in [1.54, 1.807) is 0 Å². The van der Waals surface area contributed by atoms with E-state index in [-0.39, 0.29) is 0 Å². The second-order valence-electron chi connectivity index (χ2n) is 4.46. The molecule has 2 aromatic heterocycles. The third kappa shape index (κ3) is 2.38. The van der Waals surface area contributed by atoms with Crippen molar-refractivity contribution >= 4 is 0 Å². The lowest BCUT2D eigenvalue weighted by Crippen LogP contribution is -1.89. The van der Waals surface area contributed by atoms with E-state index < -0.39 is 0 Å². The van der Waals surface area contributed by atoms with Crippen LogP contribution in [0, 0.1) is 6.92 Å². The topological polar surface area (TPSA) is 25.8 Å². The van der Waals surface area contributed by atoms with E-state index >= 15 is 0 Å². The lowest BCUT2D eigenvalue weighted by Gasteiger charge is -2.08. The molecule has 2 heterocycles. The van der Waals surface area contributed by atoms with Gasteiger partial charge in [-0.3, -0.25) is 9.97 Å². The minimum absolute atomic E-state index is 0.986. The molecule has 0 radical (unpaired) electrons. The summed E-state index contributed by atoms with van der Waals surface area (Å²) >= 11 is 0. The molecule has 92 valence electrons. The minimum atomic E-state index is 0.986. The fraction of sp³-hybridized carbons (Fsp3) is 0.0588. The SMILES string of the molecule is Cc1ccc(-c2ccccn2)cc1-c1ccccn1. The first-order valence-electron chi connectivity index (χ1n) is 6.28. The van der Waals surface area contributed by atoms with Gasteiger partial charge in [0.1, 0.15) is 0 Å². The molecule has 0 saturated heterocycles. The number of aryl methyl sites for hydroxylation is 1. The van der Waals surface area contributed by atoms with Crippen LogP contribution in [-0.4, -0.2) is 9.97 Å². The van der Waals surface area contributed by atoms with Crippen molar-refractivity contribution in [3.8, 4) is 22.5 Å². The van der Waals surface area contributed by atoms with Crippen molar-refractivity contribution in [2.45, 2.75) is 6.92 Å². The van der Waals surface area contributed by atoms with Crippen molar-refractivity contribution in [2.24, 2.45) is 0 Å². The molecular formula is C17H14N2. The highest BCUT2D eigenvalue weighted by atomic mass is 14.7. The van der Waals surface area contributed by atoms with Crippen LogP contribution in [-0.2, 0) is 0 Å². The van der Waals surface area contributed by atoms with E-state index in [1.807, 2.05) is 48.8 Å². The summed E-state index contributed by atoms with van der Waals surface area (Å²) in [6, 6.07) is 18.3. The molecule has 0 spiro atoms. The average Bonchev–Trinajstić information content (AvgIpc) is 2.49. The van der Waals surface area contributed by atoms with Crippen LogP contribution < -0.4 is 0 Å². The van der Waals surface area contributed by atoms with Crippen LogP contribution in [0.25, 0.3) is 22.5 Å². The number of rotatable bonds is 2. The van der Waals surface area contributed by atoms with Gasteiger partial charge in [0.15, 0.2) is 0 Å². The third-order valence-electron chi connectivity index (χ3n) is 3.14. The maximum atomic E-state index is 4.42. The quantitative estimate of drug-likeness (QED) is 0.679. The number of benzene rings is 1. The molecule has 0 aliphatic rings. The Morgan fingerprint density at radius 3 is 2.05 bits per heavy atom. The summed E-state index contributed by atoms with van der Waals surface area (Å²) in [5.41, 5.74) is 5.48. The molecule has 0 bridgehead atoms. The van der Waals surface area contributed by atoms with Gasteiger partial charge in [-0.05, 0) is 42.8 Å². The molecule has 1 aromatic carbocycles. The molecule has 0 amide bonds. The first-order valence-corrected chi connectivity index (χ1v) is 6.28. The Bertz CT molecular complexity index is 676. The van der Waals surface area contributed by atoms with Gasteiger partial charge >= 0.3 is 0 Å². The van der Waals surface area contributed by atoms with E-state index in [0.717, 1.165) is 22.5 Å². The van der Waals surface area contributed by atoms with Gasteiger partial charge in [0.25, 0.3) is 0 Å². The molecule has 0 aliphatic heterocycles. The average molecular weight is 246 g/mol. The maximum Gasteiger partial charge on any atom is 0.0704 e. The maximum absolute atomic E-state index is 4.42. The predicted octanol–water partition coefficient (Wildman–Crippen LogP) is 4.12. The number of pyridine rings is 2. The molecule has 3 aromatic rings. The van der Waals surface area contributed by atoms with Gasteiger partial charge in [-0.1, -0.05) is 24.3 Å². The second-order valence-corrected chi connectivity index (χ2v) is 4.46. The van der Waals surface area contributed by atoms with Crippen molar-refractivity contribution < 1.29 is 0 Å². The molecule has 0 atom stereocenters. The lowest BCUT2D eigenvalue weighted by molar-refractivity contribution is 1.29. The number of aromatic nitrogens is 2. The molecule has 0 aliphatic carbocycles. The highest BCUT2D eigenvalue weighted by Crippen LogP contribution is 2.26. The molecule has 0 saturated carbocycles. The molecule has 2 heteroatoms. The highest BCUT2D eigenvalue weighted by molar-refractivity contribution is 5.71. The van der Waals surface area contributed by atoms with E-state index in [4.69, 9.17) is 0 Å². The first-order chi connectivity index (χ1) is 9.34. The predicted molar refractivity (Wildman–Crippen MR) is 77.6 cm³/mol. The van der Waals surface area contributed by atoms with Crippen LogP contribution in [0.1, 0.15) is 5.56 Å². The molecule has 2 nitrogen and oxygen atoms in total. The zero-order valence-electron chi connectivity index (χ0n) is 10.7. The van der Waals surface area contributed by atoms with Crippen LogP contribution in [0.2, 0.25) is 0 Å². The smallest absolute Gasteiger partial charge is 0.0704 e. The van der Waals surface area contributed by atoms with Gasteiger partial charge in [0.05, 0.1) is 11.4 Å². The Morgan fingerprint density at radius 1 is 0.737 bits per heavy atom. The van der Waals surface area contributed by atoms with Gasteiger partial charge < -0.3 is 0 Å². The molecule has 0 N–H and O–H groups in total. The third-order valence-corrected chi connectivity index (χ3v) is 3.14. The zero-order valence-corrected chi connectivity index (χ0v) is 10.7. The van der Waals surface area contributed by atoms with Gasteiger partial charge in [0, 0.05) is 23.5 Å². The van der Waals surface area contributed by atoms with Crippen LogP contribution in [0.5, 0.6) is 0 Å². The number of hydrogen-bond donors (Lipinski definition) is 0. The second kappa shape index (κ2) is 5.02. The van der Waals surface area contributed by atoms with Crippen molar-refractivity contribution in [1.29, 1.82) is 0 Å². The van der Waals surface area contributed by atoms with Crippen molar-refractivity contribution in [3.63, 3.8) is 0 Å². The summed E-state index contributed by atoms with van der Waals surface area (Å²) in [6.45, 7) is 2.10. The van der Waals surface area contributed by atoms with Crippen LogP contribution >= 0.6 is 0 Å². The summed E-state index contributed by atoms with van der Waals surface area (Å²) in [5, 5.41) is 0. The molecule has 0 fully saturated rings. The normalized spacial score (nSPS) is 10.4. The monoisotopic (exact) mass is 246 g/mol. The van der Waals surface area contributed by atoms with E-state index in [0.29, 0.717) is 0 Å². The van der Waals surface area contributed by atoms with Gasteiger partial charge in [-0.25, -0.2) is 0 Å². The first kappa shape index (κ1) is 11.6. The minimum Gasteiger partial charge on any atom is -0.256 e. The Labute approximate surface area is 112 Å². The fourth-order valence-corrected chi connectivity index (χ4v) is 2.11. The van der Waals surface area contributed by atoms with E-state index in [9.17, 15) is 0 Å². The lowest BCUT2D eigenvalue weighted by atomic mass is 10.00. The molecule has 3 rings (SSSR count). The van der Waals surface area contributed by atoms with Crippen LogP contribution in [0.4, 0.5) is 0 Å². The standard InChI is InChI=1S/C17H14N2/c1-13-8-9-14(16-6-2-4-10-18-16)12-15(13)17-7-3-5-11-19-17/h2-12H,1H3. The summed E-state index contributed by atoms with van der Waals surface area (Å²) in [6.07, 6.45) is 3.64. The summed E-state index contributed by atoms with van der Waals surface area (Å²) < 4.78 is 0. The number of hydrogen-bond acceptors (Lipinski definition) is 2. The van der Waals surface area contributed by atoms with Crippen LogP contribution in [0.15, 0.2) is 67.0 Å². The molecule has 0 unspecified atom stereocenters. The van der Waals surface area contributed by atoms with E-state index in [2.05, 4.69) is 35.1 Å². The van der Waals surface area contributed by atoms with Gasteiger partial charge in [-0.15, -0.1) is 0 Å². The summed E-state index contributed by atoms with van der Waals surface area (Å²) in [4.78, 5) is 8.82. The van der Waals surface area contributed by atoms with Gasteiger partial charge in [-0.2, -0.15) is 0 Å².